The normalized spacial score (nSPS) is 15.3. The lowest BCUT2D eigenvalue weighted by Gasteiger charge is -2.32. The van der Waals surface area contributed by atoms with E-state index in [1.807, 2.05) is 36.0 Å². The summed E-state index contributed by atoms with van der Waals surface area (Å²) in [5.41, 5.74) is 2.08. The van der Waals surface area contributed by atoms with Gasteiger partial charge in [-0.05, 0) is 42.9 Å². The molecular weight excluding hydrogens is 298 g/mol. The fraction of sp³-hybridized carbons (Fsp3) is 0.400. The Morgan fingerprint density at radius 2 is 1.83 bits per heavy atom. The topological polar surface area (TPSA) is 36.4 Å². The van der Waals surface area contributed by atoms with Crippen molar-refractivity contribution in [1.29, 1.82) is 0 Å². The van der Waals surface area contributed by atoms with Gasteiger partial charge in [0.15, 0.2) is 0 Å². The van der Waals surface area contributed by atoms with E-state index >= 15 is 0 Å². The highest BCUT2D eigenvalue weighted by Crippen LogP contribution is 2.23. The number of pyridine rings is 1. The SMILES string of the molecule is CN(C)c1ccc(C(=O)N2CCC(Cc3ccccc3)CC2)cn1. The summed E-state index contributed by atoms with van der Waals surface area (Å²) in [5, 5.41) is 0. The lowest BCUT2D eigenvalue weighted by molar-refractivity contribution is 0.0690. The molecule has 0 N–H and O–H groups in total. The van der Waals surface area contributed by atoms with Gasteiger partial charge in [-0.3, -0.25) is 4.79 Å². The van der Waals surface area contributed by atoms with Crippen LogP contribution in [0.15, 0.2) is 48.7 Å². The van der Waals surface area contributed by atoms with E-state index in [1.54, 1.807) is 6.20 Å². The van der Waals surface area contributed by atoms with Gasteiger partial charge in [0.1, 0.15) is 5.82 Å². The molecule has 1 amide bonds. The summed E-state index contributed by atoms with van der Waals surface area (Å²) in [6.45, 7) is 1.68. The second-order valence-electron chi connectivity index (χ2n) is 6.72. The number of carbonyl (C=O) groups is 1. The zero-order chi connectivity index (χ0) is 16.9. The second-order valence-corrected chi connectivity index (χ2v) is 6.72. The largest absolute Gasteiger partial charge is 0.363 e. The second kappa shape index (κ2) is 7.47. The van der Waals surface area contributed by atoms with E-state index in [2.05, 4.69) is 35.3 Å². The Balaban J connectivity index is 1.55. The quantitative estimate of drug-likeness (QED) is 0.867. The minimum atomic E-state index is 0.103. The third-order valence-corrected chi connectivity index (χ3v) is 4.72. The first kappa shape index (κ1) is 16.5. The van der Waals surface area contributed by atoms with Crippen LogP contribution < -0.4 is 4.90 Å². The molecule has 2 heterocycles. The van der Waals surface area contributed by atoms with Crippen molar-refractivity contribution in [2.45, 2.75) is 19.3 Å². The van der Waals surface area contributed by atoms with Gasteiger partial charge in [0.05, 0.1) is 5.56 Å². The number of likely N-dealkylation sites (tertiary alicyclic amines) is 1. The first-order valence-electron chi connectivity index (χ1n) is 8.60. The molecule has 0 unspecified atom stereocenters. The maximum atomic E-state index is 12.6. The summed E-state index contributed by atoms with van der Waals surface area (Å²) in [5.74, 6) is 1.64. The fourth-order valence-corrected chi connectivity index (χ4v) is 3.25. The number of rotatable bonds is 4. The van der Waals surface area contributed by atoms with E-state index in [1.165, 1.54) is 5.56 Å². The van der Waals surface area contributed by atoms with Gasteiger partial charge in [0, 0.05) is 33.4 Å². The summed E-state index contributed by atoms with van der Waals surface area (Å²) >= 11 is 0. The Bertz CT molecular complexity index is 659. The number of hydrogen-bond donors (Lipinski definition) is 0. The van der Waals surface area contributed by atoms with Crippen molar-refractivity contribution in [2.75, 3.05) is 32.1 Å². The van der Waals surface area contributed by atoms with Gasteiger partial charge in [-0.2, -0.15) is 0 Å². The molecule has 1 aromatic heterocycles. The summed E-state index contributed by atoms with van der Waals surface area (Å²) in [7, 11) is 3.89. The molecule has 0 spiro atoms. The van der Waals surface area contributed by atoms with E-state index in [0.29, 0.717) is 11.5 Å². The molecule has 1 aliphatic rings. The van der Waals surface area contributed by atoms with Crippen molar-refractivity contribution < 1.29 is 4.79 Å². The highest BCUT2D eigenvalue weighted by Gasteiger charge is 2.24. The molecular formula is C20H25N3O. The van der Waals surface area contributed by atoms with Crippen LogP contribution in [0.3, 0.4) is 0 Å². The standard InChI is InChI=1S/C20H25N3O/c1-22(2)19-9-8-18(15-21-19)20(24)23-12-10-17(11-13-23)14-16-6-4-3-5-7-16/h3-9,15,17H,10-14H2,1-2H3. The average molecular weight is 323 g/mol. The van der Waals surface area contributed by atoms with E-state index in [9.17, 15) is 4.79 Å². The van der Waals surface area contributed by atoms with Crippen LogP contribution in [0, 0.1) is 5.92 Å². The molecule has 0 saturated carbocycles. The monoisotopic (exact) mass is 323 g/mol. The molecule has 1 aromatic carbocycles. The Labute approximate surface area is 144 Å². The molecule has 1 fully saturated rings. The number of amides is 1. The molecule has 4 nitrogen and oxygen atoms in total. The number of aromatic nitrogens is 1. The molecule has 0 atom stereocenters. The highest BCUT2D eigenvalue weighted by molar-refractivity contribution is 5.94. The third kappa shape index (κ3) is 3.94. The number of benzene rings is 1. The molecule has 3 rings (SSSR count). The number of nitrogens with zero attached hydrogens (tertiary/aromatic N) is 3. The van der Waals surface area contributed by atoms with Gasteiger partial charge in [-0.1, -0.05) is 30.3 Å². The molecule has 24 heavy (non-hydrogen) atoms. The fourth-order valence-electron chi connectivity index (χ4n) is 3.25. The summed E-state index contributed by atoms with van der Waals surface area (Å²) < 4.78 is 0. The van der Waals surface area contributed by atoms with Crippen molar-refractivity contribution in [2.24, 2.45) is 5.92 Å². The van der Waals surface area contributed by atoms with Crippen LogP contribution in [0.5, 0.6) is 0 Å². The highest BCUT2D eigenvalue weighted by atomic mass is 16.2. The van der Waals surface area contributed by atoms with Crippen molar-refractivity contribution in [3.63, 3.8) is 0 Å². The Kier molecular flexibility index (Phi) is 5.14. The molecule has 0 aliphatic carbocycles. The van der Waals surface area contributed by atoms with Crippen LogP contribution in [-0.4, -0.2) is 43.0 Å². The van der Waals surface area contributed by atoms with E-state index < -0.39 is 0 Å². The molecule has 2 aromatic rings. The van der Waals surface area contributed by atoms with Crippen LogP contribution in [0.25, 0.3) is 0 Å². The van der Waals surface area contributed by atoms with E-state index in [0.717, 1.165) is 38.2 Å². The van der Waals surface area contributed by atoms with Gasteiger partial charge in [-0.25, -0.2) is 4.98 Å². The number of hydrogen-bond acceptors (Lipinski definition) is 3. The molecule has 4 heteroatoms. The lowest BCUT2D eigenvalue weighted by atomic mass is 9.90. The Morgan fingerprint density at radius 1 is 1.12 bits per heavy atom. The van der Waals surface area contributed by atoms with Crippen molar-refractivity contribution in [3.8, 4) is 0 Å². The van der Waals surface area contributed by atoms with Gasteiger partial charge in [0.2, 0.25) is 0 Å². The minimum absolute atomic E-state index is 0.103. The lowest BCUT2D eigenvalue weighted by Crippen LogP contribution is -2.39. The summed E-state index contributed by atoms with van der Waals surface area (Å²) in [6, 6.07) is 14.4. The molecule has 0 radical (unpaired) electrons. The summed E-state index contributed by atoms with van der Waals surface area (Å²) in [6.07, 6.45) is 4.95. The molecule has 1 aliphatic heterocycles. The summed E-state index contributed by atoms with van der Waals surface area (Å²) in [4.78, 5) is 20.9. The van der Waals surface area contributed by atoms with E-state index in [4.69, 9.17) is 0 Å². The first-order chi connectivity index (χ1) is 11.6. The van der Waals surface area contributed by atoms with Crippen molar-refractivity contribution in [3.05, 3.63) is 59.8 Å². The first-order valence-corrected chi connectivity index (χ1v) is 8.60. The smallest absolute Gasteiger partial charge is 0.255 e. The number of carbonyl (C=O) groups excluding carboxylic acids is 1. The zero-order valence-corrected chi connectivity index (χ0v) is 14.5. The van der Waals surface area contributed by atoms with Crippen LogP contribution in [0.2, 0.25) is 0 Å². The molecule has 126 valence electrons. The van der Waals surface area contributed by atoms with E-state index in [-0.39, 0.29) is 5.91 Å². The molecule has 0 bridgehead atoms. The van der Waals surface area contributed by atoms with Gasteiger partial charge >= 0.3 is 0 Å². The Hall–Kier alpha value is -2.36. The van der Waals surface area contributed by atoms with Gasteiger partial charge in [0.25, 0.3) is 5.91 Å². The predicted octanol–water partition coefficient (Wildman–Crippen LogP) is 3.24. The minimum Gasteiger partial charge on any atom is -0.363 e. The Morgan fingerprint density at radius 3 is 2.42 bits per heavy atom. The maximum absolute atomic E-state index is 12.6. The number of anilines is 1. The maximum Gasteiger partial charge on any atom is 0.255 e. The van der Waals surface area contributed by atoms with Crippen LogP contribution in [-0.2, 0) is 6.42 Å². The average Bonchev–Trinajstić information content (AvgIpc) is 2.63. The van der Waals surface area contributed by atoms with Crippen LogP contribution in [0.1, 0.15) is 28.8 Å². The third-order valence-electron chi connectivity index (χ3n) is 4.72. The molecule has 1 saturated heterocycles. The van der Waals surface area contributed by atoms with Crippen LogP contribution >= 0.6 is 0 Å². The van der Waals surface area contributed by atoms with Gasteiger partial charge < -0.3 is 9.80 Å². The van der Waals surface area contributed by atoms with Crippen molar-refractivity contribution in [1.82, 2.24) is 9.88 Å². The van der Waals surface area contributed by atoms with Gasteiger partial charge in [-0.15, -0.1) is 0 Å². The van der Waals surface area contributed by atoms with Crippen LogP contribution in [0.4, 0.5) is 5.82 Å². The van der Waals surface area contributed by atoms with Crippen molar-refractivity contribution >= 4 is 11.7 Å². The predicted molar refractivity (Wildman–Crippen MR) is 97.3 cm³/mol. The zero-order valence-electron chi connectivity index (χ0n) is 14.5. The number of piperidine rings is 1.